The van der Waals surface area contributed by atoms with Gasteiger partial charge in [-0.05, 0) is 6.07 Å². The monoisotopic (exact) mass is 192 g/mol. The molecule has 0 fully saturated rings. The average Bonchev–Trinajstić information content (AvgIpc) is 2.13. The zero-order valence-corrected chi connectivity index (χ0v) is 6.77. The Balaban J connectivity index is 3.39. The zero-order valence-electron chi connectivity index (χ0n) is 6.77. The summed E-state index contributed by atoms with van der Waals surface area (Å²) in [6.45, 7) is -0.614. The van der Waals surface area contributed by atoms with Crippen LogP contribution in [0, 0.1) is 17.5 Å². The zero-order chi connectivity index (χ0) is 10.0. The van der Waals surface area contributed by atoms with Crippen LogP contribution in [0.1, 0.15) is 5.56 Å². The van der Waals surface area contributed by atoms with Crippen LogP contribution >= 0.6 is 0 Å². The van der Waals surface area contributed by atoms with Gasteiger partial charge in [-0.2, -0.15) is 4.39 Å². The molecule has 0 atom stereocenters. The predicted octanol–water partition coefficient (Wildman–Crippen LogP) is 1.60. The van der Waals surface area contributed by atoms with Crippen molar-refractivity contribution in [1.29, 1.82) is 0 Å². The topological polar surface area (TPSA) is 29.5 Å². The SMILES string of the molecule is COc1c(CO)cc(F)c(F)c1F. The van der Waals surface area contributed by atoms with Crippen molar-refractivity contribution in [3.8, 4) is 5.75 Å². The number of aliphatic hydroxyl groups excluding tert-OH is 1. The summed E-state index contributed by atoms with van der Waals surface area (Å²) >= 11 is 0. The van der Waals surface area contributed by atoms with Gasteiger partial charge in [0.25, 0.3) is 0 Å². The highest BCUT2D eigenvalue weighted by molar-refractivity contribution is 5.35. The second kappa shape index (κ2) is 3.66. The molecule has 0 radical (unpaired) electrons. The Bertz CT molecular complexity index is 326. The Morgan fingerprint density at radius 1 is 1.31 bits per heavy atom. The van der Waals surface area contributed by atoms with E-state index in [4.69, 9.17) is 5.11 Å². The molecule has 1 aromatic rings. The second-order valence-corrected chi connectivity index (χ2v) is 2.34. The molecule has 0 aliphatic carbocycles. The molecule has 2 nitrogen and oxygen atoms in total. The van der Waals surface area contributed by atoms with Gasteiger partial charge in [-0.15, -0.1) is 0 Å². The van der Waals surface area contributed by atoms with Crippen LogP contribution in [-0.4, -0.2) is 12.2 Å². The van der Waals surface area contributed by atoms with Crippen molar-refractivity contribution in [2.45, 2.75) is 6.61 Å². The fraction of sp³-hybridized carbons (Fsp3) is 0.250. The van der Waals surface area contributed by atoms with E-state index in [0.29, 0.717) is 6.07 Å². The largest absolute Gasteiger partial charge is 0.493 e. The van der Waals surface area contributed by atoms with Crippen LogP contribution in [0.15, 0.2) is 6.07 Å². The fourth-order valence-electron chi connectivity index (χ4n) is 0.966. The van der Waals surface area contributed by atoms with Crippen LogP contribution in [0.3, 0.4) is 0 Å². The summed E-state index contributed by atoms with van der Waals surface area (Å²) in [7, 11) is 1.11. The molecule has 0 aromatic heterocycles. The molecule has 0 aliphatic heterocycles. The molecule has 0 aliphatic rings. The van der Waals surface area contributed by atoms with Crippen LogP contribution < -0.4 is 4.74 Å². The molecule has 0 saturated carbocycles. The second-order valence-electron chi connectivity index (χ2n) is 2.34. The first-order valence-electron chi connectivity index (χ1n) is 3.43. The minimum absolute atomic E-state index is 0.126. The van der Waals surface area contributed by atoms with E-state index in [9.17, 15) is 13.2 Å². The van der Waals surface area contributed by atoms with Crippen molar-refractivity contribution in [3.63, 3.8) is 0 Å². The molecule has 72 valence electrons. The highest BCUT2D eigenvalue weighted by Gasteiger charge is 2.18. The van der Waals surface area contributed by atoms with Gasteiger partial charge in [0.1, 0.15) is 0 Å². The Morgan fingerprint density at radius 2 is 1.92 bits per heavy atom. The van der Waals surface area contributed by atoms with Crippen molar-refractivity contribution in [1.82, 2.24) is 0 Å². The number of methoxy groups -OCH3 is 1. The minimum Gasteiger partial charge on any atom is -0.493 e. The Labute approximate surface area is 72.6 Å². The molecule has 5 heteroatoms. The first-order valence-corrected chi connectivity index (χ1v) is 3.43. The van der Waals surface area contributed by atoms with Crippen molar-refractivity contribution in [3.05, 3.63) is 29.1 Å². The van der Waals surface area contributed by atoms with Crippen LogP contribution in [-0.2, 0) is 6.61 Å². The number of hydrogen-bond donors (Lipinski definition) is 1. The van der Waals surface area contributed by atoms with Crippen molar-refractivity contribution in [2.75, 3.05) is 7.11 Å². The van der Waals surface area contributed by atoms with Gasteiger partial charge >= 0.3 is 0 Å². The maximum absolute atomic E-state index is 12.9. The number of ether oxygens (including phenoxy) is 1. The van der Waals surface area contributed by atoms with Crippen molar-refractivity contribution >= 4 is 0 Å². The molecular formula is C8H7F3O2. The van der Waals surface area contributed by atoms with Gasteiger partial charge in [-0.3, -0.25) is 0 Å². The third-order valence-electron chi connectivity index (χ3n) is 1.57. The third-order valence-corrected chi connectivity index (χ3v) is 1.57. The number of hydrogen-bond acceptors (Lipinski definition) is 2. The molecule has 1 aromatic carbocycles. The molecule has 1 N–H and O–H groups in total. The summed E-state index contributed by atoms with van der Waals surface area (Å²) in [6.07, 6.45) is 0. The van der Waals surface area contributed by atoms with E-state index < -0.39 is 29.8 Å². The molecule has 0 unspecified atom stereocenters. The third kappa shape index (κ3) is 1.60. The average molecular weight is 192 g/mol. The highest BCUT2D eigenvalue weighted by atomic mass is 19.2. The first-order chi connectivity index (χ1) is 6.11. The van der Waals surface area contributed by atoms with Crippen LogP contribution in [0.4, 0.5) is 13.2 Å². The number of benzene rings is 1. The lowest BCUT2D eigenvalue weighted by Gasteiger charge is -2.07. The quantitative estimate of drug-likeness (QED) is 0.721. The van der Waals surface area contributed by atoms with E-state index in [1.807, 2.05) is 0 Å². The van der Waals surface area contributed by atoms with E-state index in [1.165, 1.54) is 0 Å². The summed E-state index contributed by atoms with van der Waals surface area (Å²) < 4.78 is 42.5. The molecule has 0 bridgehead atoms. The van der Waals surface area contributed by atoms with Crippen molar-refractivity contribution in [2.24, 2.45) is 0 Å². The summed E-state index contributed by atoms with van der Waals surface area (Å²) in [5, 5.41) is 8.65. The van der Waals surface area contributed by atoms with Gasteiger partial charge < -0.3 is 9.84 Å². The van der Waals surface area contributed by atoms with Gasteiger partial charge in [0.05, 0.1) is 13.7 Å². The van der Waals surface area contributed by atoms with E-state index >= 15 is 0 Å². The maximum atomic E-state index is 12.9. The number of halogens is 3. The van der Waals surface area contributed by atoms with Gasteiger partial charge in [0, 0.05) is 5.56 Å². The predicted molar refractivity (Wildman–Crippen MR) is 38.8 cm³/mol. The molecular weight excluding hydrogens is 185 g/mol. The standard InChI is InChI=1S/C8H7F3O2/c1-13-8-4(3-12)2-5(9)6(10)7(8)11/h2,12H,3H2,1H3. The molecule has 13 heavy (non-hydrogen) atoms. The van der Waals surface area contributed by atoms with Gasteiger partial charge in [-0.1, -0.05) is 0 Å². The molecule has 0 spiro atoms. The summed E-state index contributed by atoms with van der Waals surface area (Å²) in [5.41, 5.74) is -0.126. The van der Waals surface area contributed by atoms with E-state index in [0.717, 1.165) is 7.11 Å². The first kappa shape index (κ1) is 9.85. The van der Waals surface area contributed by atoms with Crippen LogP contribution in [0.2, 0.25) is 0 Å². The maximum Gasteiger partial charge on any atom is 0.204 e. The van der Waals surface area contributed by atoms with Gasteiger partial charge in [0.2, 0.25) is 5.82 Å². The van der Waals surface area contributed by atoms with Crippen molar-refractivity contribution < 1.29 is 23.0 Å². The normalized spacial score (nSPS) is 10.2. The lowest BCUT2D eigenvalue weighted by atomic mass is 10.2. The Hall–Kier alpha value is -1.23. The number of aliphatic hydroxyl groups is 1. The van der Waals surface area contributed by atoms with E-state index in [2.05, 4.69) is 4.74 Å². The smallest absolute Gasteiger partial charge is 0.204 e. The lowest BCUT2D eigenvalue weighted by molar-refractivity contribution is 0.267. The molecule has 0 heterocycles. The van der Waals surface area contributed by atoms with E-state index in [1.54, 1.807) is 0 Å². The fourth-order valence-corrected chi connectivity index (χ4v) is 0.966. The minimum atomic E-state index is -1.60. The van der Waals surface area contributed by atoms with Crippen LogP contribution in [0.5, 0.6) is 5.75 Å². The number of rotatable bonds is 2. The Morgan fingerprint density at radius 3 is 2.38 bits per heavy atom. The highest BCUT2D eigenvalue weighted by Crippen LogP contribution is 2.26. The summed E-state index contributed by atoms with van der Waals surface area (Å²) in [4.78, 5) is 0. The molecule has 1 rings (SSSR count). The lowest BCUT2D eigenvalue weighted by Crippen LogP contribution is -2.01. The summed E-state index contributed by atoms with van der Waals surface area (Å²) in [5.74, 6) is -4.84. The van der Waals surface area contributed by atoms with Crippen LogP contribution in [0.25, 0.3) is 0 Å². The Kier molecular flexibility index (Phi) is 2.77. The van der Waals surface area contributed by atoms with Gasteiger partial charge in [-0.25, -0.2) is 8.78 Å². The molecule has 0 saturated heterocycles. The van der Waals surface area contributed by atoms with Gasteiger partial charge in [0.15, 0.2) is 17.4 Å². The van der Waals surface area contributed by atoms with E-state index in [-0.39, 0.29) is 5.56 Å². The summed E-state index contributed by atoms with van der Waals surface area (Å²) in [6, 6.07) is 0.692. The molecule has 0 amide bonds.